The van der Waals surface area contributed by atoms with Crippen LogP contribution in [0.4, 0.5) is 0 Å². The smallest absolute Gasteiger partial charge is 0.116 e. The quantitative estimate of drug-likeness (QED) is 0.818. The molecule has 0 aromatic rings. The number of likely N-dealkylation sites (tertiary alicyclic amines) is 1. The summed E-state index contributed by atoms with van der Waals surface area (Å²) in [4.78, 5) is 2.44. The molecule has 2 fully saturated rings. The van der Waals surface area contributed by atoms with Gasteiger partial charge in [0.25, 0.3) is 0 Å². The van der Waals surface area contributed by atoms with Crippen molar-refractivity contribution in [2.24, 2.45) is 16.7 Å². The van der Waals surface area contributed by atoms with Crippen LogP contribution < -0.4 is 5.32 Å². The van der Waals surface area contributed by atoms with Crippen molar-refractivity contribution in [1.82, 2.24) is 10.2 Å². The molecule has 2 aliphatic rings. The first-order chi connectivity index (χ1) is 8.97. The molecule has 2 saturated heterocycles. The molecule has 2 aliphatic heterocycles. The van der Waals surface area contributed by atoms with Crippen molar-refractivity contribution in [3.05, 3.63) is 0 Å². The SMILES string of the molecule is CN1CCCC(C(C)(C)CNCC2(C#N)COC2)C1. The van der Waals surface area contributed by atoms with Crippen LogP contribution in [0.25, 0.3) is 0 Å². The Hall–Kier alpha value is -0.630. The van der Waals surface area contributed by atoms with Gasteiger partial charge in [-0.15, -0.1) is 0 Å². The van der Waals surface area contributed by atoms with Crippen LogP contribution in [0.5, 0.6) is 0 Å². The van der Waals surface area contributed by atoms with Gasteiger partial charge in [0.1, 0.15) is 5.41 Å². The maximum atomic E-state index is 9.17. The summed E-state index contributed by atoms with van der Waals surface area (Å²) < 4.78 is 5.17. The van der Waals surface area contributed by atoms with Crippen molar-refractivity contribution < 1.29 is 4.74 Å². The Morgan fingerprint density at radius 1 is 1.47 bits per heavy atom. The number of hydrogen-bond acceptors (Lipinski definition) is 4. The number of rotatable bonds is 5. The molecule has 0 spiro atoms. The molecule has 0 aromatic heterocycles. The average molecular weight is 265 g/mol. The number of nitriles is 1. The van der Waals surface area contributed by atoms with Gasteiger partial charge < -0.3 is 15.0 Å². The fourth-order valence-corrected chi connectivity index (χ4v) is 3.13. The topological polar surface area (TPSA) is 48.3 Å². The normalized spacial score (nSPS) is 27.6. The minimum atomic E-state index is -0.264. The molecule has 0 radical (unpaired) electrons. The molecule has 0 saturated carbocycles. The number of piperidine rings is 1. The van der Waals surface area contributed by atoms with Crippen LogP contribution in [0, 0.1) is 28.1 Å². The van der Waals surface area contributed by atoms with Gasteiger partial charge in [0.05, 0.1) is 19.3 Å². The van der Waals surface area contributed by atoms with Gasteiger partial charge in [0, 0.05) is 19.6 Å². The first kappa shape index (κ1) is 14.8. The molecule has 1 atom stereocenters. The number of hydrogen-bond donors (Lipinski definition) is 1. The maximum Gasteiger partial charge on any atom is 0.116 e. The largest absolute Gasteiger partial charge is 0.378 e. The van der Waals surface area contributed by atoms with Gasteiger partial charge in [-0.05, 0) is 37.8 Å². The highest BCUT2D eigenvalue weighted by Crippen LogP contribution is 2.33. The summed E-state index contributed by atoms with van der Waals surface area (Å²) in [5, 5.41) is 12.7. The molecule has 4 heteroatoms. The van der Waals surface area contributed by atoms with Gasteiger partial charge in [-0.2, -0.15) is 5.26 Å². The summed E-state index contributed by atoms with van der Waals surface area (Å²) in [6, 6.07) is 2.39. The van der Waals surface area contributed by atoms with Crippen molar-refractivity contribution >= 4 is 0 Å². The molecule has 1 N–H and O–H groups in total. The predicted octanol–water partition coefficient (Wildman–Crippen LogP) is 1.48. The molecule has 2 heterocycles. The fraction of sp³-hybridized carbons (Fsp3) is 0.933. The first-order valence-corrected chi connectivity index (χ1v) is 7.36. The summed E-state index contributed by atoms with van der Waals surface area (Å²) in [6.45, 7) is 10.0. The minimum absolute atomic E-state index is 0.264. The van der Waals surface area contributed by atoms with Crippen LogP contribution in [-0.4, -0.2) is 51.3 Å². The monoisotopic (exact) mass is 265 g/mol. The Kier molecular flexibility index (Phi) is 4.50. The summed E-state index contributed by atoms with van der Waals surface area (Å²) in [7, 11) is 2.21. The third-order valence-electron chi connectivity index (χ3n) is 4.77. The van der Waals surface area contributed by atoms with Gasteiger partial charge in [-0.25, -0.2) is 0 Å². The van der Waals surface area contributed by atoms with Crippen LogP contribution in [0.1, 0.15) is 26.7 Å². The lowest BCUT2D eigenvalue weighted by Gasteiger charge is -2.42. The van der Waals surface area contributed by atoms with Crippen molar-refractivity contribution in [3.63, 3.8) is 0 Å². The van der Waals surface area contributed by atoms with E-state index in [2.05, 4.69) is 37.2 Å². The van der Waals surface area contributed by atoms with E-state index in [4.69, 9.17) is 4.74 Å². The Bertz CT molecular complexity index is 344. The Morgan fingerprint density at radius 3 is 2.74 bits per heavy atom. The molecule has 0 aliphatic carbocycles. The predicted molar refractivity (Wildman–Crippen MR) is 75.7 cm³/mol. The number of nitrogens with one attached hydrogen (secondary N) is 1. The third-order valence-corrected chi connectivity index (χ3v) is 4.77. The summed E-state index contributed by atoms with van der Waals surface area (Å²) in [5.41, 5.74) is 0.0232. The van der Waals surface area contributed by atoms with E-state index in [0.29, 0.717) is 13.2 Å². The molecule has 0 bridgehead atoms. The number of nitrogens with zero attached hydrogens (tertiary/aromatic N) is 2. The molecular formula is C15H27N3O. The van der Waals surface area contributed by atoms with Gasteiger partial charge in [-0.1, -0.05) is 13.8 Å². The highest BCUT2D eigenvalue weighted by atomic mass is 16.5. The standard InChI is InChI=1S/C15H27N3O/c1-14(2,13-5-4-6-18(3)7-13)9-17-10-15(8-16)11-19-12-15/h13,17H,4-7,9-12H2,1-3H3. The van der Waals surface area contributed by atoms with Gasteiger partial charge in [0.15, 0.2) is 0 Å². The lowest BCUT2D eigenvalue weighted by atomic mass is 9.74. The van der Waals surface area contributed by atoms with Crippen LogP contribution in [0.15, 0.2) is 0 Å². The van der Waals surface area contributed by atoms with Crippen molar-refractivity contribution in [2.75, 3.05) is 46.4 Å². The molecule has 0 aromatic carbocycles. The van der Waals surface area contributed by atoms with E-state index < -0.39 is 0 Å². The highest BCUT2D eigenvalue weighted by Gasteiger charge is 2.39. The van der Waals surface area contributed by atoms with E-state index in [0.717, 1.165) is 19.0 Å². The lowest BCUT2D eigenvalue weighted by molar-refractivity contribution is -0.0765. The molecular weight excluding hydrogens is 238 g/mol. The van der Waals surface area contributed by atoms with Gasteiger partial charge in [-0.3, -0.25) is 0 Å². The molecule has 1 unspecified atom stereocenters. The second-order valence-electron chi connectivity index (χ2n) is 7.08. The van der Waals surface area contributed by atoms with E-state index >= 15 is 0 Å². The Balaban J connectivity index is 1.79. The van der Waals surface area contributed by atoms with Crippen LogP contribution >= 0.6 is 0 Å². The van der Waals surface area contributed by atoms with E-state index in [1.165, 1.54) is 25.9 Å². The maximum absolute atomic E-state index is 9.17. The second kappa shape index (κ2) is 5.78. The van der Waals surface area contributed by atoms with E-state index in [1.54, 1.807) is 0 Å². The zero-order valence-electron chi connectivity index (χ0n) is 12.5. The average Bonchev–Trinajstić information content (AvgIpc) is 2.32. The second-order valence-corrected chi connectivity index (χ2v) is 7.08. The van der Waals surface area contributed by atoms with Crippen LogP contribution in [0.2, 0.25) is 0 Å². The summed E-state index contributed by atoms with van der Waals surface area (Å²) >= 11 is 0. The minimum Gasteiger partial charge on any atom is -0.378 e. The lowest BCUT2D eigenvalue weighted by Crippen LogP contribution is -2.51. The Morgan fingerprint density at radius 2 is 2.21 bits per heavy atom. The zero-order chi connectivity index (χ0) is 13.9. The van der Waals surface area contributed by atoms with Crippen LogP contribution in [-0.2, 0) is 4.74 Å². The van der Waals surface area contributed by atoms with E-state index in [1.807, 2.05) is 0 Å². The van der Waals surface area contributed by atoms with Crippen LogP contribution in [0.3, 0.4) is 0 Å². The first-order valence-electron chi connectivity index (χ1n) is 7.36. The summed E-state index contributed by atoms with van der Waals surface area (Å²) in [5.74, 6) is 0.745. The van der Waals surface area contributed by atoms with Gasteiger partial charge >= 0.3 is 0 Å². The molecule has 2 rings (SSSR count). The molecule has 4 nitrogen and oxygen atoms in total. The number of ether oxygens (including phenoxy) is 1. The van der Waals surface area contributed by atoms with Crippen molar-refractivity contribution in [2.45, 2.75) is 26.7 Å². The molecule has 0 amide bonds. The fourth-order valence-electron chi connectivity index (χ4n) is 3.13. The van der Waals surface area contributed by atoms with E-state index in [9.17, 15) is 5.26 Å². The van der Waals surface area contributed by atoms with Gasteiger partial charge in [0.2, 0.25) is 0 Å². The molecule has 19 heavy (non-hydrogen) atoms. The third kappa shape index (κ3) is 3.47. The van der Waals surface area contributed by atoms with Crippen molar-refractivity contribution in [1.29, 1.82) is 5.26 Å². The molecule has 108 valence electrons. The van der Waals surface area contributed by atoms with Crippen molar-refractivity contribution in [3.8, 4) is 6.07 Å². The van der Waals surface area contributed by atoms with E-state index in [-0.39, 0.29) is 10.8 Å². The Labute approximate surface area is 117 Å². The summed E-state index contributed by atoms with van der Waals surface area (Å²) in [6.07, 6.45) is 2.63. The highest BCUT2D eigenvalue weighted by molar-refractivity contribution is 5.05. The zero-order valence-corrected chi connectivity index (χ0v) is 12.5.